The first-order valence-electron chi connectivity index (χ1n) is 6.77. The Kier molecular flexibility index (Phi) is 3.33. The normalized spacial score (nSPS) is 22.9. The number of rotatable bonds is 2. The number of carbonyl (C=O) groups excluding carboxylic acids is 1. The van der Waals surface area contributed by atoms with Crippen LogP contribution >= 0.6 is 0 Å². The lowest BCUT2D eigenvalue weighted by Gasteiger charge is -2.47. The van der Waals surface area contributed by atoms with Crippen LogP contribution in [0.15, 0.2) is 23.5 Å². The van der Waals surface area contributed by atoms with Crippen LogP contribution in [0.3, 0.4) is 0 Å². The van der Waals surface area contributed by atoms with Gasteiger partial charge in [-0.3, -0.25) is 0 Å². The van der Waals surface area contributed by atoms with Crippen molar-refractivity contribution in [2.24, 2.45) is 5.73 Å². The van der Waals surface area contributed by atoms with Gasteiger partial charge in [0.05, 0.1) is 26.2 Å². The topological polar surface area (TPSA) is 77.3 Å². The molecule has 3 aliphatic rings. The van der Waals surface area contributed by atoms with Crippen LogP contribution in [0.5, 0.6) is 0 Å². The molecular formula is C13H19N3O4. The molecule has 1 fully saturated rings. The van der Waals surface area contributed by atoms with Crippen LogP contribution in [0.25, 0.3) is 0 Å². The summed E-state index contributed by atoms with van der Waals surface area (Å²) in [6.07, 6.45) is 1.15. The van der Waals surface area contributed by atoms with Crippen molar-refractivity contribution < 1.29 is 19.0 Å². The van der Waals surface area contributed by atoms with Crippen LogP contribution in [0.2, 0.25) is 0 Å². The molecule has 7 heteroatoms. The molecular weight excluding hydrogens is 262 g/mol. The van der Waals surface area contributed by atoms with E-state index in [4.69, 9.17) is 19.9 Å². The summed E-state index contributed by atoms with van der Waals surface area (Å²) < 4.78 is 16.5. The minimum atomic E-state index is -0.385. The minimum Gasteiger partial charge on any atom is -0.461 e. The Balaban J connectivity index is 1.71. The predicted octanol–water partition coefficient (Wildman–Crippen LogP) is -0.435. The van der Waals surface area contributed by atoms with E-state index in [-0.39, 0.29) is 12.1 Å². The van der Waals surface area contributed by atoms with Gasteiger partial charge in [-0.15, -0.1) is 0 Å². The van der Waals surface area contributed by atoms with Crippen LogP contribution < -0.4 is 5.73 Å². The summed E-state index contributed by atoms with van der Waals surface area (Å²) in [6, 6.07) is 0. The zero-order valence-electron chi connectivity index (χ0n) is 11.5. The van der Waals surface area contributed by atoms with Gasteiger partial charge in [0, 0.05) is 11.8 Å². The summed E-state index contributed by atoms with van der Waals surface area (Å²) >= 11 is 0. The van der Waals surface area contributed by atoms with Crippen molar-refractivity contribution in [3.05, 3.63) is 23.5 Å². The molecule has 0 spiro atoms. The van der Waals surface area contributed by atoms with Crippen molar-refractivity contribution in [2.45, 2.75) is 13.0 Å². The molecule has 0 amide bonds. The third-order valence-electron chi connectivity index (χ3n) is 3.45. The van der Waals surface area contributed by atoms with E-state index in [1.54, 1.807) is 6.92 Å². The van der Waals surface area contributed by atoms with Gasteiger partial charge in [-0.05, 0) is 6.92 Å². The molecule has 3 rings (SSSR count). The van der Waals surface area contributed by atoms with E-state index in [9.17, 15) is 4.79 Å². The number of nitrogens with zero attached hydrogens (tertiary/aromatic N) is 2. The lowest BCUT2D eigenvalue weighted by molar-refractivity contribution is -0.150. The van der Waals surface area contributed by atoms with Crippen LogP contribution in [-0.4, -0.2) is 61.3 Å². The number of nitrogens with two attached hydrogens (primary N) is 1. The van der Waals surface area contributed by atoms with Crippen LogP contribution in [0.1, 0.15) is 6.92 Å². The molecule has 0 saturated carbocycles. The van der Waals surface area contributed by atoms with Crippen molar-refractivity contribution in [1.29, 1.82) is 0 Å². The number of hydrogen-bond donors (Lipinski definition) is 1. The largest absolute Gasteiger partial charge is 0.461 e. The number of esters is 1. The third-order valence-corrected chi connectivity index (χ3v) is 3.45. The van der Waals surface area contributed by atoms with Gasteiger partial charge in [0.1, 0.15) is 19.3 Å². The van der Waals surface area contributed by atoms with Crippen molar-refractivity contribution >= 4 is 5.97 Å². The molecule has 3 heterocycles. The molecule has 0 aromatic rings. The third kappa shape index (κ3) is 2.48. The molecule has 20 heavy (non-hydrogen) atoms. The molecule has 0 bridgehead atoms. The van der Waals surface area contributed by atoms with E-state index < -0.39 is 0 Å². The smallest absolute Gasteiger partial charge is 0.332 e. The fourth-order valence-corrected chi connectivity index (χ4v) is 2.70. The maximum absolute atomic E-state index is 11.7. The molecule has 3 aliphatic heterocycles. The van der Waals surface area contributed by atoms with E-state index >= 15 is 0 Å². The van der Waals surface area contributed by atoms with Gasteiger partial charge in [-0.1, -0.05) is 0 Å². The molecule has 0 aromatic heterocycles. The minimum absolute atomic E-state index is 0.167. The van der Waals surface area contributed by atoms with Crippen molar-refractivity contribution in [1.82, 2.24) is 9.80 Å². The zero-order valence-corrected chi connectivity index (χ0v) is 11.5. The van der Waals surface area contributed by atoms with Gasteiger partial charge < -0.3 is 29.7 Å². The van der Waals surface area contributed by atoms with E-state index in [1.807, 2.05) is 0 Å². The van der Waals surface area contributed by atoms with Crippen molar-refractivity contribution in [3.63, 3.8) is 0 Å². The Morgan fingerprint density at radius 2 is 1.90 bits per heavy atom. The first-order chi connectivity index (χ1) is 9.63. The highest BCUT2D eigenvalue weighted by Gasteiger charge is 2.38. The Morgan fingerprint density at radius 1 is 1.30 bits per heavy atom. The fourth-order valence-electron chi connectivity index (χ4n) is 2.70. The molecule has 0 aromatic carbocycles. The van der Waals surface area contributed by atoms with Crippen LogP contribution in [-0.2, 0) is 19.0 Å². The first-order valence-corrected chi connectivity index (χ1v) is 6.77. The zero-order chi connectivity index (χ0) is 14.1. The van der Waals surface area contributed by atoms with E-state index in [0.29, 0.717) is 37.9 Å². The highest BCUT2D eigenvalue weighted by Crippen LogP contribution is 2.29. The number of allylic oxidation sites excluding steroid dienone is 1. The van der Waals surface area contributed by atoms with Crippen LogP contribution in [0.4, 0.5) is 0 Å². The van der Waals surface area contributed by atoms with Gasteiger partial charge in [-0.2, -0.15) is 0 Å². The monoisotopic (exact) mass is 281 g/mol. The average molecular weight is 281 g/mol. The highest BCUT2D eigenvalue weighted by molar-refractivity contribution is 5.82. The van der Waals surface area contributed by atoms with Crippen LogP contribution in [0, 0.1) is 0 Å². The molecule has 0 atom stereocenters. The Hall–Kier alpha value is -2.05. The molecule has 110 valence electrons. The lowest BCUT2D eigenvalue weighted by Crippen LogP contribution is -2.56. The SMILES string of the molecule is C/C(N)=C\C(=O)OC1CN2CCOC3=C2N(CCO3)C1. The highest BCUT2D eigenvalue weighted by atomic mass is 16.7. The second kappa shape index (κ2) is 5.15. The Labute approximate surface area is 117 Å². The summed E-state index contributed by atoms with van der Waals surface area (Å²) in [5, 5.41) is 0. The quantitative estimate of drug-likeness (QED) is 0.543. The van der Waals surface area contributed by atoms with Crippen molar-refractivity contribution in [3.8, 4) is 0 Å². The van der Waals surface area contributed by atoms with E-state index in [0.717, 1.165) is 18.9 Å². The standard InChI is InChI=1S/C13H19N3O4/c1-9(14)6-11(17)20-10-7-15-2-4-18-13-12(15)16(8-10)3-5-19-13/h6,10H,2-5,7-8,14H2,1H3/b9-6+. The molecule has 1 saturated heterocycles. The van der Waals surface area contributed by atoms with Gasteiger partial charge in [0.2, 0.25) is 0 Å². The molecule has 0 aliphatic carbocycles. The second-order valence-corrected chi connectivity index (χ2v) is 5.15. The summed E-state index contributed by atoms with van der Waals surface area (Å²) in [5.41, 5.74) is 5.93. The number of hydrogen-bond acceptors (Lipinski definition) is 7. The van der Waals surface area contributed by atoms with Gasteiger partial charge >= 0.3 is 11.9 Å². The fraction of sp³-hybridized carbons (Fsp3) is 0.615. The molecule has 2 N–H and O–H groups in total. The first kappa shape index (κ1) is 13.0. The van der Waals surface area contributed by atoms with E-state index in [2.05, 4.69) is 9.80 Å². The number of ether oxygens (including phenoxy) is 3. The van der Waals surface area contributed by atoms with E-state index in [1.165, 1.54) is 6.08 Å². The molecule has 0 radical (unpaired) electrons. The maximum atomic E-state index is 11.7. The summed E-state index contributed by atoms with van der Waals surface area (Å²) in [5.74, 6) is 1.20. The van der Waals surface area contributed by atoms with Gasteiger partial charge in [0.25, 0.3) is 0 Å². The molecule has 7 nitrogen and oxygen atoms in total. The van der Waals surface area contributed by atoms with Gasteiger partial charge in [-0.25, -0.2) is 4.79 Å². The number of carbonyl (C=O) groups is 1. The van der Waals surface area contributed by atoms with Gasteiger partial charge in [0.15, 0.2) is 5.82 Å². The summed E-state index contributed by atoms with van der Waals surface area (Å²) in [6.45, 7) is 5.72. The Morgan fingerprint density at radius 3 is 2.45 bits per heavy atom. The summed E-state index contributed by atoms with van der Waals surface area (Å²) in [4.78, 5) is 16.0. The maximum Gasteiger partial charge on any atom is 0.332 e. The lowest BCUT2D eigenvalue weighted by atomic mass is 10.2. The predicted molar refractivity (Wildman–Crippen MR) is 69.9 cm³/mol. The molecule has 0 unspecified atom stereocenters. The Bertz CT molecular complexity index is 446. The second-order valence-electron chi connectivity index (χ2n) is 5.15. The average Bonchev–Trinajstić information content (AvgIpc) is 2.38. The summed E-state index contributed by atoms with van der Waals surface area (Å²) in [7, 11) is 0. The van der Waals surface area contributed by atoms with Crippen molar-refractivity contribution in [2.75, 3.05) is 39.4 Å².